The minimum atomic E-state index is -0.00903. The molecule has 0 spiro atoms. The standard InChI is InChI=1S/C31H42N4O3/c1-3-14-33-19-21-35(25(2)24-33)30(28-8-6-9-29(37)23-28)26-10-12-27(13-11-26)31(38)34-17-7-16-32(18-20-34)15-4-5-22-36/h3,6,8-13,22-23,25,30,37H,1,4-5,7,14-21,24H2,2H3. The van der Waals surface area contributed by atoms with E-state index in [0.717, 1.165) is 82.6 Å². The molecule has 1 N–H and O–H groups in total. The molecule has 2 unspecified atom stereocenters. The number of phenolic OH excluding ortho intramolecular Hbond substituents is 1. The summed E-state index contributed by atoms with van der Waals surface area (Å²) in [4.78, 5) is 33.2. The lowest BCUT2D eigenvalue weighted by Gasteiger charge is -2.44. The van der Waals surface area contributed by atoms with Crippen LogP contribution in [0.5, 0.6) is 5.75 Å². The molecule has 2 saturated heterocycles. The number of carbonyl (C=O) groups is 2. The van der Waals surface area contributed by atoms with Crippen LogP contribution in [-0.2, 0) is 4.79 Å². The Hall–Kier alpha value is -3.00. The van der Waals surface area contributed by atoms with Crippen molar-refractivity contribution in [2.75, 3.05) is 58.9 Å². The quantitative estimate of drug-likeness (QED) is 0.293. The Labute approximate surface area is 227 Å². The van der Waals surface area contributed by atoms with Crippen molar-refractivity contribution >= 4 is 12.2 Å². The first-order chi connectivity index (χ1) is 18.5. The van der Waals surface area contributed by atoms with E-state index in [1.54, 1.807) is 6.07 Å². The number of amides is 1. The highest BCUT2D eigenvalue weighted by atomic mass is 16.3. The molecule has 2 heterocycles. The second-order valence-corrected chi connectivity index (χ2v) is 10.6. The number of aldehydes is 1. The molecule has 2 aliphatic heterocycles. The maximum atomic E-state index is 13.4. The molecular weight excluding hydrogens is 476 g/mol. The number of rotatable bonds is 10. The molecule has 2 aromatic rings. The van der Waals surface area contributed by atoms with Gasteiger partial charge in [0.25, 0.3) is 5.91 Å². The third-order valence-corrected chi connectivity index (χ3v) is 7.81. The summed E-state index contributed by atoms with van der Waals surface area (Å²) in [6, 6.07) is 15.9. The normalized spacial score (nSPS) is 20.6. The smallest absolute Gasteiger partial charge is 0.253 e. The van der Waals surface area contributed by atoms with Crippen LogP contribution < -0.4 is 0 Å². The van der Waals surface area contributed by atoms with Crippen molar-refractivity contribution in [2.45, 2.75) is 38.3 Å². The maximum Gasteiger partial charge on any atom is 0.253 e. The zero-order valence-electron chi connectivity index (χ0n) is 22.7. The van der Waals surface area contributed by atoms with Crippen LogP contribution in [-0.4, -0.2) is 102 Å². The van der Waals surface area contributed by atoms with E-state index in [0.29, 0.717) is 24.6 Å². The van der Waals surface area contributed by atoms with Crippen LogP contribution in [0.1, 0.15) is 53.7 Å². The number of benzene rings is 2. The van der Waals surface area contributed by atoms with Gasteiger partial charge in [-0.15, -0.1) is 6.58 Å². The lowest BCUT2D eigenvalue weighted by atomic mass is 9.93. The van der Waals surface area contributed by atoms with Gasteiger partial charge in [0, 0.05) is 63.8 Å². The van der Waals surface area contributed by atoms with Crippen LogP contribution in [0.25, 0.3) is 0 Å². The van der Waals surface area contributed by atoms with Crippen LogP contribution >= 0.6 is 0 Å². The molecule has 4 rings (SSSR count). The molecule has 0 aromatic heterocycles. The molecule has 2 aliphatic rings. The predicted molar refractivity (Wildman–Crippen MR) is 151 cm³/mol. The highest BCUT2D eigenvalue weighted by Crippen LogP contribution is 2.33. The van der Waals surface area contributed by atoms with Crippen LogP contribution in [0.4, 0.5) is 0 Å². The Balaban J connectivity index is 1.49. The SMILES string of the molecule is C=CCN1CCN(C(c2ccc(C(=O)N3CCCN(CCCC=O)CC3)cc2)c2cccc(O)c2)C(C)C1. The van der Waals surface area contributed by atoms with Gasteiger partial charge in [-0.25, -0.2) is 0 Å². The molecule has 7 nitrogen and oxygen atoms in total. The van der Waals surface area contributed by atoms with Crippen molar-refractivity contribution in [1.82, 2.24) is 19.6 Å². The molecule has 7 heteroatoms. The number of hydrogen-bond acceptors (Lipinski definition) is 6. The van der Waals surface area contributed by atoms with Crippen LogP contribution in [0, 0.1) is 0 Å². The second kappa shape index (κ2) is 13.7. The highest BCUT2D eigenvalue weighted by molar-refractivity contribution is 5.94. The van der Waals surface area contributed by atoms with Crippen LogP contribution in [0.15, 0.2) is 61.2 Å². The van der Waals surface area contributed by atoms with Gasteiger partial charge in [0.1, 0.15) is 12.0 Å². The number of nitrogens with zero attached hydrogens (tertiary/aromatic N) is 4. The monoisotopic (exact) mass is 518 g/mol. The lowest BCUT2D eigenvalue weighted by Crippen LogP contribution is -2.53. The van der Waals surface area contributed by atoms with E-state index in [4.69, 9.17) is 0 Å². The summed E-state index contributed by atoms with van der Waals surface area (Å²) in [5.41, 5.74) is 2.88. The zero-order valence-corrected chi connectivity index (χ0v) is 22.7. The number of aromatic hydroxyl groups is 1. The van der Waals surface area contributed by atoms with E-state index < -0.39 is 0 Å². The largest absolute Gasteiger partial charge is 0.508 e. The average molecular weight is 519 g/mol. The first-order valence-electron chi connectivity index (χ1n) is 13.9. The fourth-order valence-electron chi connectivity index (χ4n) is 5.84. The minimum Gasteiger partial charge on any atom is -0.508 e. The lowest BCUT2D eigenvalue weighted by molar-refractivity contribution is -0.108. The van der Waals surface area contributed by atoms with E-state index in [1.807, 2.05) is 35.2 Å². The fourth-order valence-corrected chi connectivity index (χ4v) is 5.84. The molecule has 2 atom stereocenters. The van der Waals surface area contributed by atoms with E-state index >= 15 is 0 Å². The van der Waals surface area contributed by atoms with Crippen molar-refractivity contribution < 1.29 is 14.7 Å². The molecule has 2 fully saturated rings. The van der Waals surface area contributed by atoms with E-state index in [2.05, 4.69) is 46.4 Å². The van der Waals surface area contributed by atoms with Crippen molar-refractivity contribution in [3.05, 3.63) is 77.9 Å². The summed E-state index contributed by atoms with van der Waals surface area (Å²) in [6.45, 7) is 14.0. The number of hydrogen-bond donors (Lipinski definition) is 1. The Morgan fingerprint density at radius 3 is 2.53 bits per heavy atom. The highest BCUT2D eigenvalue weighted by Gasteiger charge is 2.31. The van der Waals surface area contributed by atoms with Gasteiger partial charge in [-0.1, -0.05) is 30.3 Å². The molecule has 204 valence electrons. The van der Waals surface area contributed by atoms with Crippen LogP contribution in [0.2, 0.25) is 0 Å². The summed E-state index contributed by atoms with van der Waals surface area (Å²) in [7, 11) is 0. The van der Waals surface area contributed by atoms with Gasteiger partial charge in [-0.05, 0) is 68.2 Å². The number of piperazine rings is 1. The van der Waals surface area contributed by atoms with Gasteiger partial charge < -0.3 is 19.7 Å². The number of carbonyl (C=O) groups excluding carboxylic acids is 2. The Kier molecular flexibility index (Phi) is 10.1. The van der Waals surface area contributed by atoms with E-state index in [-0.39, 0.29) is 17.7 Å². The van der Waals surface area contributed by atoms with E-state index in [1.165, 1.54) is 0 Å². The summed E-state index contributed by atoms with van der Waals surface area (Å²) in [5, 5.41) is 10.2. The summed E-state index contributed by atoms with van der Waals surface area (Å²) >= 11 is 0. The van der Waals surface area contributed by atoms with Crippen LogP contribution in [0.3, 0.4) is 0 Å². The van der Waals surface area contributed by atoms with Crippen molar-refractivity contribution in [1.29, 1.82) is 0 Å². The Morgan fingerprint density at radius 1 is 1.03 bits per heavy atom. The zero-order chi connectivity index (χ0) is 26.9. The van der Waals surface area contributed by atoms with Gasteiger partial charge in [0.2, 0.25) is 0 Å². The van der Waals surface area contributed by atoms with Crippen molar-refractivity contribution in [2.24, 2.45) is 0 Å². The van der Waals surface area contributed by atoms with Gasteiger partial charge in [0.15, 0.2) is 0 Å². The van der Waals surface area contributed by atoms with Gasteiger partial charge in [-0.2, -0.15) is 0 Å². The van der Waals surface area contributed by atoms with Crippen molar-refractivity contribution in [3.63, 3.8) is 0 Å². The van der Waals surface area contributed by atoms with Gasteiger partial charge in [-0.3, -0.25) is 14.6 Å². The molecule has 0 aliphatic carbocycles. The molecule has 2 aromatic carbocycles. The molecular formula is C31H42N4O3. The maximum absolute atomic E-state index is 13.4. The Morgan fingerprint density at radius 2 is 1.82 bits per heavy atom. The molecule has 0 saturated carbocycles. The minimum absolute atomic E-state index is 0.00903. The summed E-state index contributed by atoms with van der Waals surface area (Å²) in [5.74, 6) is 0.338. The Bertz CT molecular complexity index is 1070. The van der Waals surface area contributed by atoms with E-state index in [9.17, 15) is 14.7 Å². The number of phenols is 1. The predicted octanol–water partition coefficient (Wildman–Crippen LogP) is 3.80. The third kappa shape index (κ3) is 7.10. The van der Waals surface area contributed by atoms with Gasteiger partial charge >= 0.3 is 0 Å². The molecule has 0 bridgehead atoms. The third-order valence-electron chi connectivity index (χ3n) is 7.81. The first kappa shape index (κ1) is 28.0. The molecule has 1 amide bonds. The summed E-state index contributed by atoms with van der Waals surface area (Å²) in [6.07, 6.45) is 5.35. The number of unbranched alkanes of at least 4 members (excludes halogenated alkanes) is 1. The fraction of sp³-hybridized carbons (Fsp3) is 0.484. The topological polar surface area (TPSA) is 67.3 Å². The summed E-state index contributed by atoms with van der Waals surface area (Å²) < 4.78 is 0. The van der Waals surface area contributed by atoms with Crippen molar-refractivity contribution in [3.8, 4) is 5.75 Å². The average Bonchev–Trinajstić information content (AvgIpc) is 3.16. The first-order valence-corrected chi connectivity index (χ1v) is 13.9. The molecule has 0 radical (unpaired) electrons. The second-order valence-electron chi connectivity index (χ2n) is 10.6. The molecule has 38 heavy (non-hydrogen) atoms. The van der Waals surface area contributed by atoms with Gasteiger partial charge in [0.05, 0.1) is 6.04 Å².